The predicted molar refractivity (Wildman–Crippen MR) is 135 cm³/mol. The minimum absolute atomic E-state index is 0.0904. The first-order valence-electron chi connectivity index (χ1n) is 13.5. The zero-order valence-corrected chi connectivity index (χ0v) is 22.2. The van der Waals surface area contributed by atoms with Crippen molar-refractivity contribution in [2.24, 2.45) is 0 Å². The van der Waals surface area contributed by atoms with Gasteiger partial charge in [-0.25, -0.2) is 0 Å². The second kappa shape index (κ2) is 20.3. The lowest BCUT2D eigenvalue weighted by Gasteiger charge is -2.28. The number of carbonyl (C=O) groups excluding carboxylic acids is 1. The monoisotopic (exact) mass is 472 g/mol. The van der Waals surface area contributed by atoms with Crippen LogP contribution in [0.15, 0.2) is 0 Å². The van der Waals surface area contributed by atoms with E-state index in [4.69, 9.17) is 9.84 Å². The van der Waals surface area contributed by atoms with Crippen molar-refractivity contribution in [2.75, 3.05) is 27.7 Å². The maximum atomic E-state index is 12.1. The third-order valence-corrected chi connectivity index (χ3v) is 6.01. The Morgan fingerprint density at radius 3 is 1.67 bits per heavy atom. The third kappa shape index (κ3) is 23.8. The molecule has 6 heteroatoms. The van der Waals surface area contributed by atoms with E-state index in [0.717, 1.165) is 44.9 Å². The molecule has 33 heavy (non-hydrogen) atoms. The van der Waals surface area contributed by atoms with Crippen LogP contribution in [0.4, 0.5) is 0 Å². The average Bonchev–Trinajstić information content (AvgIpc) is 2.69. The van der Waals surface area contributed by atoms with Gasteiger partial charge in [-0.15, -0.1) is 0 Å². The number of rotatable bonds is 23. The molecule has 0 amide bonds. The zero-order valence-electron chi connectivity index (χ0n) is 22.2. The molecular weight excluding hydrogens is 418 g/mol. The van der Waals surface area contributed by atoms with E-state index in [0.29, 0.717) is 17.4 Å². The van der Waals surface area contributed by atoms with Gasteiger partial charge < -0.3 is 19.4 Å². The van der Waals surface area contributed by atoms with Gasteiger partial charge >= 0.3 is 11.9 Å². The molecule has 0 spiro atoms. The summed E-state index contributed by atoms with van der Waals surface area (Å²) in [5, 5.41) is 19.0. The number of quaternary nitrogens is 1. The summed E-state index contributed by atoms with van der Waals surface area (Å²) in [5.74, 6) is -1.21. The molecule has 196 valence electrons. The van der Waals surface area contributed by atoms with E-state index < -0.39 is 12.1 Å². The summed E-state index contributed by atoms with van der Waals surface area (Å²) < 4.78 is 5.99. The summed E-state index contributed by atoms with van der Waals surface area (Å²) in [6, 6.07) is 0. The number of carboxylic acids is 1. The molecule has 0 bridgehead atoms. The number of aliphatic hydroxyl groups excluding tert-OH is 1. The number of unbranched alkanes of at least 4 members (excludes halogenated alkanes) is 12. The van der Waals surface area contributed by atoms with Crippen LogP contribution < -0.4 is 0 Å². The number of aliphatic carboxylic acids is 1. The zero-order chi connectivity index (χ0) is 25.0. The van der Waals surface area contributed by atoms with Gasteiger partial charge in [0.05, 0.1) is 33.7 Å². The quantitative estimate of drug-likeness (QED) is 0.107. The van der Waals surface area contributed by atoms with Crippen molar-refractivity contribution < 1.29 is 29.0 Å². The Morgan fingerprint density at radius 1 is 0.758 bits per heavy atom. The van der Waals surface area contributed by atoms with E-state index in [9.17, 15) is 14.7 Å². The first kappa shape index (κ1) is 31.9. The minimum Gasteiger partial charge on any atom is -0.481 e. The molecule has 0 heterocycles. The highest BCUT2D eigenvalue weighted by Crippen LogP contribution is 2.15. The Hall–Kier alpha value is -1.14. The number of nitrogens with zero attached hydrogens (tertiary/aromatic N) is 1. The SMILES string of the molecule is CCCCCC(O)CCCCCCCCCCCCCC(=O)OC(CC(=O)O)C[N+](C)(C)C. The van der Waals surface area contributed by atoms with Crippen LogP contribution in [0.5, 0.6) is 0 Å². The van der Waals surface area contributed by atoms with E-state index in [1.54, 1.807) is 0 Å². The molecule has 2 atom stereocenters. The summed E-state index contributed by atoms with van der Waals surface area (Å²) in [6.07, 6.45) is 18.1. The Labute approximate surface area is 203 Å². The molecular formula is C27H54NO5+. The number of likely N-dealkylation sites (N-methyl/N-ethyl adjacent to an activating group) is 1. The number of ether oxygens (including phenoxy) is 1. The second-order valence-electron chi connectivity index (χ2n) is 10.8. The van der Waals surface area contributed by atoms with Crippen LogP contribution in [0.2, 0.25) is 0 Å². The lowest BCUT2D eigenvalue weighted by Crippen LogP contribution is -2.43. The highest BCUT2D eigenvalue weighted by molar-refractivity contribution is 5.71. The molecule has 6 nitrogen and oxygen atoms in total. The molecule has 0 radical (unpaired) electrons. The van der Waals surface area contributed by atoms with E-state index in [1.165, 1.54) is 57.8 Å². The summed E-state index contributed by atoms with van der Waals surface area (Å²) in [7, 11) is 5.89. The second-order valence-corrected chi connectivity index (χ2v) is 10.8. The normalized spacial score (nSPS) is 13.6. The standard InChI is InChI=1S/C27H53NO5/c1-5-6-16-19-24(29)20-17-14-12-10-8-7-9-11-13-15-18-21-27(32)33-25(22-26(30)31)23-28(2,3)4/h24-25,29H,5-23H2,1-4H3/p+1. The van der Waals surface area contributed by atoms with Crippen molar-refractivity contribution in [2.45, 2.75) is 135 Å². The van der Waals surface area contributed by atoms with Crippen LogP contribution in [0.3, 0.4) is 0 Å². The van der Waals surface area contributed by atoms with Gasteiger partial charge in [0.15, 0.2) is 6.10 Å². The molecule has 0 fully saturated rings. The molecule has 2 N–H and O–H groups in total. The Bertz CT molecular complexity index is 489. The van der Waals surface area contributed by atoms with Crippen LogP contribution in [0.1, 0.15) is 122 Å². The molecule has 0 rings (SSSR count). The molecule has 0 aliphatic rings. The van der Waals surface area contributed by atoms with E-state index >= 15 is 0 Å². The van der Waals surface area contributed by atoms with Gasteiger partial charge in [0, 0.05) is 6.42 Å². The van der Waals surface area contributed by atoms with Gasteiger partial charge in [-0.3, -0.25) is 9.59 Å². The van der Waals surface area contributed by atoms with Gasteiger partial charge in [0.1, 0.15) is 6.54 Å². The van der Waals surface area contributed by atoms with Crippen molar-refractivity contribution >= 4 is 11.9 Å². The van der Waals surface area contributed by atoms with Crippen molar-refractivity contribution in [1.82, 2.24) is 0 Å². The summed E-state index contributed by atoms with van der Waals surface area (Å²) in [5.41, 5.74) is 0. The molecule has 0 aromatic heterocycles. The minimum atomic E-state index is -0.933. The van der Waals surface area contributed by atoms with Crippen LogP contribution in [-0.4, -0.2) is 66.5 Å². The number of hydrogen-bond donors (Lipinski definition) is 2. The van der Waals surface area contributed by atoms with Gasteiger partial charge in [0.2, 0.25) is 0 Å². The van der Waals surface area contributed by atoms with Gasteiger partial charge in [-0.05, 0) is 19.3 Å². The third-order valence-electron chi connectivity index (χ3n) is 6.01. The van der Waals surface area contributed by atoms with Crippen LogP contribution >= 0.6 is 0 Å². The number of carboxylic acid groups (broad SMARTS) is 1. The fourth-order valence-electron chi connectivity index (χ4n) is 4.21. The fraction of sp³-hybridized carbons (Fsp3) is 0.926. The molecule has 0 aromatic rings. The molecule has 0 saturated carbocycles. The molecule has 0 aliphatic carbocycles. The molecule has 0 saturated heterocycles. The first-order chi connectivity index (χ1) is 15.6. The Morgan fingerprint density at radius 2 is 1.21 bits per heavy atom. The van der Waals surface area contributed by atoms with Gasteiger partial charge in [-0.2, -0.15) is 0 Å². The highest BCUT2D eigenvalue weighted by atomic mass is 16.5. The van der Waals surface area contributed by atoms with Gasteiger partial charge in [0.25, 0.3) is 0 Å². The first-order valence-corrected chi connectivity index (χ1v) is 13.5. The van der Waals surface area contributed by atoms with Crippen molar-refractivity contribution in [1.29, 1.82) is 0 Å². The molecule has 2 unspecified atom stereocenters. The number of hydrogen-bond acceptors (Lipinski definition) is 4. The average molecular weight is 473 g/mol. The molecule has 0 aromatic carbocycles. The fourth-order valence-corrected chi connectivity index (χ4v) is 4.21. The van der Waals surface area contributed by atoms with Crippen molar-refractivity contribution in [3.8, 4) is 0 Å². The lowest BCUT2D eigenvalue weighted by atomic mass is 10.0. The smallest absolute Gasteiger partial charge is 0.307 e. The molecule has 0 aliphatic heterocycles. The predicted octanol–water partition coefficient (Wildman–Crippen LogP) is 6.09. The summed E-state index contributed by atoms with van der Waals surface area (Å²) >= 11 is 0. The van der Waals surface area contributed by atoms with Gasteiger partial charge in [-0.1, -0.05) is 90.4 Å². The largest absolute Gasteiger partial charge is 0.481 e. The van der Waals surface area contributed by atoms with Crippen molar-refractivity contribution in [3.63, 3.8) is 0 Å². The van der Waals surface area contributed by atoms with Crippen LogP contribution in [0.25, 0.3) is 0 Å². The van der Waals surface area contributed by atoms with Crippen molar-refractivity contribution in [3.05, 3.63) is 0 Å². The van der Waals surface area contributed by atoms with E-state index in [1.807, 2.05) is 21.1 Å². The highest BCUT2D eigenvalue weighted by Gasteiger charge is 2.24. The van der Waals surface area contributed by atoms with Crippen LogP contribution in [-0.2, 0) is 14.3 Å². The maximum Gasteiger partial charge on any atom is 0.307 e. The topological polar surface area (TPSA) is 83.8 Å². The summed E-state index contributed by atoms with van der Waals surface area (Å²) in [4.78, 5) is 23.1. The maximum absolute atomic E-state index is 12.1. The summed E-state index contributed by atoms with van der Waals surface area (Å²) in [6.45, 7) is 2.70. The Balaban J connectivity index is 3.55. The lowest BCUT2D eigenvalue weighted by molar-refractivity contribution is -0.873. The Kier molecular flexibility index (Phi) is 19.6. The number of carbonyl (C=O) groups is 2. The van der Waals surface area contributed by atoms with E-state index in [-0.39, 0.29) is 18.5 Å². The number of aliphatic hydroxyl groups is 1. The number of esters is 1. The van der Waals surface area contributed by atoms with E-state index in [2.05, 4.69) is 6.92 Å². The van der Waals surface area contributed by atoms with Crippen LogP contribution in [0, 0.1) is 0 Å².